The molecule has 6 nitrogen and oxygen atoms in total. The zero-order valence-electron chi connectivity index (χ0n) is 10.0. The van der Waals surface area contributed by atoms with Crippen molar-refractivity contribution >= 4 is 10.8 Å². The zero-order valence-corrected chi connectivity index (χ0v) is 10.8. The minimum atomic E-state index is -0.814. The Balaban J connectivity index is 2.58. The quantitative estimate of drug-likeness (QED) is 0.738. The number of nitrogens with one attached hydrogen (secondary N) is 1. The molecule has 0 aliphatic rings. The van der Waals surface area contributed by atoms with E-state index in [1.54, 1.807) is 10.9 Å². The fraction of sp³-hybridized carbons (Fsp3) is 0.889. The molecule has 0 radical (unpaired) electrons. The van der Waals surface area contributed by atoms with Gasteiger partial charge in [0.15, 0.2) is 5.82 Å². The maximum atomic E-state index is 11.0. The Morgan fingerprint density at radius 3 is 2.94 bits per heavy atom. The molecule has 0 amide bonds. The topological polar surface area (TPSA) is 72.7 Å². The molecule has 0 saturated heterocycles. The van der Waals surface area contributed by atoms with Crippen LogP contribution in [0.3, 0.4) is 0 Å². The molecule has 0 aromatic carbocycles. The second kappa shape index (κ2) is 6.70. The highest BCUT2D eigenvalue weighted by atomic mass is 32.2. The monoisotopic (exact) mass is 245 g/mol. The lowest BCUT2D eigenvalue weighted by Crippen LogP contribution is -2.24. The molecule has 1 aromatic heterocycles. The first-order valence-corrected chi connectivity index (χ1v) is 7.17. The molecule has 0 spiro atoms. The number of aryl methyl sites for hydroxylation is 1. The third-order valence-electron chi connectivity index (χ3n) is 2.24. The van der Waals surface area contributed by atoms with Gasteiger partial charge >= 0.3 is 0 Å². The molecule has 0 saturated carbocycles. The lowest BCUT2D eigenvalue weighted by Gasteiger charge is -2.12. The molecule has 7 heteroatoms. The van der Waals surface area contributed by atoms with Gasteiger partial charge < -0.3 is 5.32 Å². The standard InChI is InChI=1S/C9H19N5OS/c1-4-5-10-8(2)9-11-12-13-14(9)6-7-16(3)15/h8,10H,4-7H2,1-3H3. The summed E-state index contributed by atoms with van der Waals surface area (Å²) in [6, 6.07) is 0.125. The van der Waals surface area contributed by atoms with E-state index in [1.165, 1.54) is 0 Å². The van der Waals surface area contributed by atoms with Gasteiger partial charge in [-0.1, -0.05) is 6.92 Å². The largest absolute Gasteiger partial charge is 0.307 e. The SMILES string of the molecule is CCCNC(C)c1nnnn1CCS(C)=O. The second-order valence-corrected chi connectivity index (χ2v) is 5.27. The first-order valence-electron chi connectivity index (χ1n) is 5.44. The lowest BCUT2D eigenvalue weighted by molar-refractivity contribution is 0.498. The summed E-state index contributed by atoms with van der Waals surface area (Å²) < 4.78 is 12.7. The van der Waals surface area contributed by atoms with Crippen LogP contribution < -0.4 is 5.32 Å². The molecular weight excluding hydrogens is 226 g/mol. The molecule has 1 heterocycles. The van der Waals surface area contributed by atoms with Gasteiger partial charge in [-0.3, -0.25) is 4.21 Å². The number of hydrogen-bond donors (Lipinski definition) is 1. The van der Waals surface area contributed by atoms with E-state index >= 15 is 0 Å². The third-order valence-corrected chi connectivity index (χ3v) is 3.00. The molecule has 0 fully saturated rings. The highest BCUT2D eigenvalue weighted by Crippen LogP contribution is 2.06. The first kappa shape index (κ1) is 13.2. The maximum Gasteiger partial charge on any atom is 0.167 e. The number of hydrogen-bond acceptors (Lipinski definition) is 5. The van der Waals surface area contributed by atoms with Crippen LogP contribution in [0.25, 0.3) is 0 Å². The van der Waals surface area contributed by atoms with Crippen molar-refractivity contribution in [2.45, 2.75) is 32.9 Å². The first-order chi connectivity index (χ1) is 7.65. The minimum Gasteiger partial charge on any atom is -0.307 e. The Bertz CT molecular complexity index is 340. The predicted octanol–water partition coefficient (Wildman–Crippen LogP) is 0.112. The average Bonchev–Trinajstić information content (AvgIpc) is 2.71. The van der Waals surface area contributed by atoms with Crippen molar-refractivity contribution in [1.82, 2.24) is 25.5 Å². The van der Waals surface area contributed by atoms with Crippen LogP contribution in [-0.4, -0.2) is 43.0 Å². The van der Waals surface area contributed by atoms with Gasteiger partial charge in [-0.15, -0.1) is 5.10 Å². The number of nitrogens with zero attached hydrogens (tertiary/aromatic N) is 4. The molecule has 0 aliphatic carbocycles. The van der Waals surface area contributed by atoms with Gasteiger partial charge in [-0.2, -0.15) is 0 Å². The number of tetrazole rings is 1. The Morgan fingerprint density at radius 2 is 2.31 bits per heavy atom. The molecule has 1 aromatic rings. The zero-order chi connectivity index (χ0) is 12.0. The highest BCUT2D eigenvalue weighted by molar-refractivity contribution is 7.84. The van der Waals surface area contributed by atoms with Gasteiger partial charge in [0.05, 0.1) is 12.6 Å². The van der Waals surface area contributed by atoms with Crippen molar-refractivity contribution in [2.75, 3.05) is 18.6 Å². The predicted molar refractivity (Wildman–Crippen MR) is 63.5 cm³/mol. The minimum absolute atomic E-state index is 0.125. The molecule has 1 rings (SSSR count). The summed E-state index contributed by atoms with van der Waals surface area (Å²) in [5.74, 6) is 1.39. The van der Waals surface area contributed by atoms with Crippen LogP contribution in [0.15, 0.2) is 0 Å². The van der Waals surface area contributed by atoms with Crippen LogP contribution in [0.2, 0.25) is 0 Å². The Labute approximate surface area is 98.3 Å². The summed E-state index contributed by atoms with van der Waals surface area (Å²) in [6.45, 7) is 5.68. The molecular formula is C9H19N5OS. The van der Waals surface area contributed by atoms with Crippen LogP contribution >= 0.6 is 0 Å². The fourth-order valence-electron chi connectivity index (χ4n) is 1.35. The summed E-state index contributed by atoms with van der Waals surface area (Å²) in [7, 11) is -0.814. The van der Waals surface area contributed by atoms with Crippen molar-refractivity contribution < 1.29 is 4.21 Å². The van der Waals surface area contributed by atoms with E-state index in [-0.39, 0.29) is 6.04 Å². The highest BCUT2D eigenvalue weighted by Gasteiger charge is 2.13. The molecule has 92 valence electrons. The summed E-state index contributed by atoms with van der Waals surface area (Å²) in [5, 5.41) is 14.9. The second-order valence-electron chi connectivity index (χ2n) is 3.71. The van der Waals surface area contributed by atoms with Crippen molar-refractivity contribution in [1.29, 1.82) is 0 Å². The van der Waals surface area contributed by atoms with E-state index in [1.807, 2.05) is 6.92 Å². The Hall–Kier alpha value is -0.820. The normalized spacial score (nSPS) is 14.9. The fourth-order valence-corrected chi connectivity index (χ4v) is 1.78. The van der Waals surface area contributed by atoms with Crippen molar-refractivity contribution in [3.8, 4) is 0 Å². The third kappa shape index (κ3) is 3.97. The van der Waals surface area contributed by atoms with Crippen molar-refractivity contribution in [2.24, 2.45) is 0 Å². The van der Waals surface area contributed by atoms with Crippen molar-refractivity contribution in [3.63, 3.8) is 0 Å². The summed E-state index contributed by atoms with van der Waals surface area (Å²) in [6.07, 6.45) is 2.76. The van der Waals surface area contributed by atoms with Crippen molar-refractivity contribution in [3.05, 3.63) is 5.82 Å². The van der Waals surface area contributed by atoms with Crippen LogP contribution in [0.1, 0.15) is 32.1 Å². The maximum absolute atomic E-state index is 11.0. The summed E-state index contributed by atoms with van der Waals surface area (Å²) in [4.78, 5) is 0. The molecule has 16 heavy (non-hydrogen) atoms. The van der Waals surface area contributed by atoms with Gasteiger partial charge in [0.2, 0.25) is 0 Å². The average molecular weight is 245 g/mol. The van der Waals surface area contributed by atoms with E-state index in [0.29, 0.717) is 12.3 Å². The number of aromatic nitrogens is 4. The molecule has 0 bridgehead atoms. The lowest BCUT2D eigenvalue weighted by atomic mass is 10.3. The van der Waals surface area contributed by atoms with Gasteiger partial charge in [-0.25, -0.2) is 4.68 Å². The van der Waals surface area contributed by atoms with E-state index in [2.05, 4.69) is 27.8 Å². The molecule has 2 unspecified atom stereocenters. The van der Waals surface area contributed by atoms with E-state index in [0.717, 1.165) is 18.8 Å². The van der Waals surface area contributed by atoms with E-state index < -0.39 is 10.8 Å². The van der Waals surface area contributed by atoms with Gasteiger partial charge in [0, 0.05) is 22.8 Å². The molecule has 0 aliphatic heterocycles. The molecule has 1 N–H and O–H groups in total. The van der Waals surface area contributed by atoms with Gasteiger partial charge in [0.25, 0.3) is 0 Å². The van der Waals surface area contributed by atoms with Crippen LogP contribution in [0, 0.1) is 0 Å². The van der Waals surface area contributed by atoms with Gasteiger partial charge in [-0.05, 0) is 30.3 Å². The van der Waals surface area contributed by atoms with E-state index in [9.17, 15) is 4.21 Å². The Kier molecular flexibility index (Phi) is 5.54. The van der Waals surface area contributed by atoms with Gasteiger partial charge in [0.1, 0.15) is 0 Å². The van der Waals surface area contributed by atoms with Crippen LogP contribution in [-0.2, 0) is 17.3 Å². The smallest absolute Gasteiger partial charge is 0.167 e. The Morgan fingerprint density at radius 1 is 1.56 bits per heavy atom. The van der Waals surface area contributed by atoms with Crippen LogP contribution in [0.4, 0.5) is 0 Å². The summed E-state index contributed by atoms with van der Waals surface area (Å²) >= 11 is 0. The summed E-state index contributed by atoms with van der Waals surface area (Å²) in [5.41, 5.74) is 0. The molecule has 2 atom stereocenters. The van der Waals surface area contributed by atoms with Crippen LogP contribution in [0.5, 0.6) is 0 Å². The number of rotatable bonds is 7. The van der Waals surface area contributed by atoms with E-state index in [4.69, 9.17) is 0 Å².